The Kier molecular flexibility index (Phi) is 3.62. The zero-order valence-corrected chi connectivity index (χ0v) is 11.1. The molecule has 1 N–H and O–H groups in total. The quantitative estimate of drug-likeness (QED) is 0.890. The molecule has 1 fully saturated rings. The number of nitrogens with one attached hydrogen (secondary N) is 1. The maximum atomic E-state index is 5.44. The summed E-state index contributed by atoms with van der Waals surface area (Å²) in [5.74, 6) is 0. The van der Waals surface area contributed by atoms with Gasteiger partial charge in [0.05, 0.1) is 11.8 Å². The Bertz CT molecular complexity index is 407. The average molecular weight is 246 g/mol. The van der Waals surface area contributed by atoms with Gasteiger partial charge in [-0.05, 0) is 50.2 Å². The fourth-order valence-electron chi connectivity index (χ4n) is 3.36. The van der Waals surface area contributed by atoms with Gasteiger partial charge in [0.15, 0.2) is 0 Å². The molecule has 3 unspecified atom stereocenters. The van der Waals surface area contributed by atoms with Crippen molar-refractivity contribution in [1.29, 1.82) is 0 Å². The molecular formula is C15H22N2O. The number of rotatable bonds is 3. The third kappa shape index (κ3) is 2.43. The van der Waals surface area contributed by atoms with Gasteiger partial charge in [0.1, 0.15) is 0 Å². The summed E-state index contributed by atoms with van der Waals surface area (Å²) in [4.78, 5) is 4.59. The summed E-state index contributed by atoms with van der Waals surface area (Å²) >= 11 is 0. The molecule has 3 nitrogen and oxygen atoms in total. The number of methoxy groups -OCH3 is 1. The van der Waals surface area contributed by atoms with Crippen molar-refractivity contribution in [2.24, 2.45) is 0 Å². The van der Waals surface area contributed by atoms with Gasteiger partial charge in [-0.1, -0.05) is 6.07 Å². The van der Waals surface area contributed by atoms with E-state index >= 15 is 0 Å². The first-order valence-corrected chi connectivity index (χ1v) is 7.09. The largest absolute Gasteiger partial charge is 0.381 e. The van der Waals surface area contributed by atoms with Crippen LogP contribution < -0.4 is 5.32 Å². The van der Waals surface area contributed by atoms with E-state index in [4.69, 9.17) is 4.74 Å². The molecule has 18 heavy (non-hydrogen) atoms. The van der Waals surface area contributed by atoms with E-state index < -0.39 is 0 Å². The van der Waals surface area contributed by atoms with Crippen LogP contribution in [0.25, 0.3) is 0 Å². The van der Waals surface area contributed by atoms with Crippen LogP contribution in [-0.4, -0.2) is 24.2 Å². The predicted molar refractivity (Wildman–Crippen MR) is 71.5 cm³/mol. The molecular weight excluding hydrogens is 224 g/mol. The molecule has 0 aliphatic heterocycles. The SMILES string of the molecule is COC1CCC(NC2CCCc3cccnc32)C1. The second-order valence-electron chi connectivity index (χ2n) is 5.53. The molecule has 1 saturated carbocycles. The summed E-state index contributed by atoms with van der Waals surface area (Å²) < 4.78 is 5.44. The normalized spacial score (nSPS) is 31.3. The van der Waals surface area contributed by atoms with Crippen LogP contribution in [0.3, 0.4) is 0 Å². The van der Waals surface area contributed by atoms with Crippen molar-refractivity contribution < 1.29 is 4.74 Å². The summed E-state index contributed by atoms with van der Waals surface area (Å²) in [5.41, 5.74) is 2.71. The van der Waals surface area contributed by atoms with Crippen molar-refractivity contribution in [1.82, 2.24) is 10.3 Å². The molecule has 3 heteroatoms. The number of aromatic nitrogens is 1. The summed E-state index contributed by atoms with van der Waals surface area (Å²) in [5, 5.41) is 3.80. The maximum absolute atomic E-state index is 5.44. The number of fused-ring (bicyclic) bond motifs is 1. The minimum atomic E-state index is 0.453. The van der Waals surface area contributed by atoms with E-state index in [0.29, 0.717) is 18.2 Å². The van der Waals surface area contributed by atoms with E-state index in [0.717, 1.165) is 6.42 Å². The van der Waals surface area contributed by atoms with E-state index in [1.807, 2.05) is 13.3 Å². The molecule has 98 valence electrons. The van der Waals surface area contributed by atoms with Gasteiger partial charge in [-0.2, -0.15) is 0 Å². The van der Waals surface area contributed by atoms with Gasteiger partial charge in [0.25, 0.3) is 0 Å². The molecule has 0 amide bonds. The molecule has 0 aromatic carbocycles. The molecule has 0 bridgehead atoms. The molecule has 0 spiro atoms. The van der Waals surface area contributed by atoms with E-state index in [1.54, 1.807) is 0 Å². The smallest absolute Gasteiger partial charge is 0.0605 e. The monoisotopic (exact) mass is 246 g/mol. The molecule has 1 heterocycles. The van der Waals surface area contributed by atoms with Crippen molar-refractivity contribution >= 4 is 0 Å². The van der Waals surface area contributed by atoms with Gasteiger partial charge in [-0.15, -0.1) is 0 Å². The molecule has 2 aliphatic carbocycles. The fourth-order valence-corrected chi connectivity index (χ4v) is 3.36. The summed E-state index contributed by atoms with van der Waals surface area (Å²) in [7, 11) is 1.82. The van der Waals surface area contributed by atoms with Gasteiger partial charge in [0.2, 0.25) is 0 Å². The minimum absolute atomic E-state index is 0.453. The van der Waals surface area contributed by atoms with E-state index in [2.05, 4.69) is 22.4 Å². The first kappa shape index (κ1) is 12.1. The van der Waals surface area contributed by atoms with E-state index in [1.165, 1.54) is 43.4 Å². The molecule has 1 aromatic rings. The fraction of sp³-hybridized carbons (Fsp3) is 0.667. The first-order valence-electron chi connectivity index (χ1n) is 7.09. The lowest BCUT2D eigenvalue weighted by Crippen LogP contribution is -2.34. The Balaban J connectivity index is 1.67. The zero-order chi connectivity index (χ0) is 12.4. The zero-order valence-electron chi connectivity index (χ0n) is 11.1. The second-order valence-corrected chi connectivity index (χ2v) is 5.53. The Morgan fingerprint density at radius 2 is 2.28 bits per heavy atom. The van der Waals surface area contributed by atoms with E-state index in [9.17, 15) is 0 Å². The highest BCUT2D eigenvalue weighted by Gasteiger charge is 2.29. The lowest BCUT2D eigenvalue weighted by Gasteiger charge is -2.28. The number of ether oxygens (including phenoxy) is 1. The second kappa shape index (κ2) is 5.37. The van der Waals surface area contributed by atoms with Crippen molar-refractivity contribution in [3.8, 4) is 0 Å². The van der Waals surface area contributed by atoms with Crippen molar-refractivity contribution in [3.05, 3.63) is 29.6 Å². The van der Waals surface area contributed by atoms with Crippen LogP contribution in [0.1, 0.15) is 49.4 Å². The number of nitrogens with zero attached hydrogens (tertiary/aromatic N) is 1. The Morgan fingerprint density at radius 3 is 3.11 bits per heavy atom. The van der Waals surface area contributed by atoms with Crippen LogP contribution in [-0.2, 0) is 11.2 Å². The maximum Gasteiger partial charge on any atom is 0.0605 e. The summed E-state index contributed by atoms with van der Waals surface area (Å²) in [6, 6.07) is 5.34. The van der Waals surface area contributed by atoms with Crippen molar-refractivity contribution in [2.75, 3.05) is 7.11 Å². The number of hydrogen-bond acceptors (Lipinski definition) is 3. The van der Waals surface area contributed by atoms with E-state index in [-0.39, 0.29) is 0 Å². The molecule has 0 radical (unpaired) electrons. The van der Waals surface area contributed by atoms with Gasteiger partial charge < -0.3 is 10.1 Å². The number of aryl methyl sites for hydroxylation is 1. The Hall–Kier alpha value is -0.930. The highest BCUT2D eigenvalue weighted by molar-refractivity contribution is 5.25. The number of hydrogen-bond donors (Lipinski definition) is 1. The van der Waals surface area contributed by atoms with Gasteiger partial charge in [0, 0.05) is 25.4 Å². The Labute approximate surface area is 109 Å². The molecule has 3 atom stereocenters. The van der Waals surface area contributed by atoms with Gasteiger partial charge in [-0.25, -0.2) is 0 Å². The van der Waals surface area contributed by atoms with Gasteiger partial charge >= 0.3 is 0 Å². The third-order valence-corrected chi connectivity index (χ3v) is 4.35. The summed E-state index contributed by atoms with van der Waals surface area (Å²) in [6.45, 7) is 0. The predicted octanol–water partition coefficient (Wildman–Crippen LogP) is 2.62. The van der Waals surface area contributed by atoms with Crippen LogP contribution in [0.5, 0.6) is 0 Å². The average Bonchev–Trinajstić information content (AvgIpc) is 2.87. The minimum Gasteiger partial charge on any atom is -0.381 e. The van der Waals surface area contributed by atoms with Crippen molar-refractivity contribution in [2.45, 2.75) is 56.7 Å². The van der Waals surface area contributed by atoms with Gasteiger partial charge in [-0.3, -0.25) is 4.98 Å². The molecule has 2 aliphatic rings. The molecule has 0 saturated heterocycles. The Morgan fingerprint density at radius 1 is 1.33 bits per heavy atom. The molecule has 3 rings (SSSR count). The topological polar surface area (TPSA) is 34.1 Å². The summed E-state index contributed by atoms with van der Waals surface area (Å²) in [6.07, 6.45) is 9.63. The van der Waals surface area contributed by atoms with Crippen LogP contribution in [0.15, 0.2) is 18.3 Å². The number of pyridine rings is 1. The lowest BCUT2D eigenvalue weighted by molar-refractivity contribution is 0.106. The van der Waals surface area contributed by atoms with Crippen LogP contribution >= 0.6 is 0 Å². The standard InChI is InChI=1S/C15H22N2O/c1-18-13-8-7-12(10-13)17-14-6-2-4-11-5-3-9-16-15(11)14/h3,5,9,12-14,17H,2,4,6-8,10H2,1H3. The first-order chi connectivity index (χ1) is 8.86. The highest BCUT2D eigenvalue weighted by Crippen LogP contribution is 2.30. The van der Waals surface area contributed by atoms with Crippen LogP contribution in [0.4, 0.5) is 0 Å². The van der Waals surface area contributed by atoms with Crippen molar-refractivity contribution in [3.63, 3.8) is 0 Å². The van der Waals surface area contributed by atoms with Crippen LogP contribution in [0.2, 0.25) is 0 Å². The third-order valence-electron chi connectivity index (χ3n) is 4.35. The molecule has 1 aromatic heterocycles. The van der Waals surface area contributed by atoms with Crippen LogP contribution in [0, 0.1) is 0 Å². The highest BCUT2D eigenvalue weighted by atomic mass is 16.5. The lowest BCUT2D eigenvalue weighted by atomic mass is 9.91.